The van der Waals surface area contributed by atoms with Crippen LogP contribution in [0.4, 0.5) is 22.0 Å². The van der Waals surface area contributed by atoms with Gasteiger partial charge in [-0.15, -0.1) is 0 Å². The van der Waals surface area contributed by atoms with Crippen LogP contribution < -0.4 is 30.9 Å². The Balaban J connectivity index is 1.32. The Hall–Kier alpha value is -4.70. The molecule has 11 heteroatoms. The van der Waals surface area contributed by atoms with Gasteiger partial charge in [-0.1, -0.05) is 41.9 Å². The first-order chi connectivity index (χ1) is 18.9. The van der Waals surface area contributed by atoms with E-state index in [1.165, 1.54) is 0 Å². The molecule has 0 atom stereocenters. The van der Waals surface area contributed by atoms with Crippen molar-refractivity contribution in [2.75, 3.05) is 30.2 Å². The van der Waals surface area contributed by atoms with Gasteiger partial charge in [-0.25, -0.2) is 9.78 Å². The number of hydrogen-bond donors (Lipinski definition) is 3. The lowest BCUT2D eigenvalue weighted by molar-refractivity contribution is 0.262. The summed E-state index contributed by atoms with van der Waals surface area (Å²) >= 11 is 6.42. The van der Waals surface area contributed by atoms with Gasteiger partial charge in [-0.05, 0) is 29.2 Å². The van der Waals surface area contributed by atoms with Crippen molar-refractivity contribution in [3.05, 3.63) is 89.6 Å². The number of carbonyl (C=O) groups is 1. The molecule has 5 rings (SSSR count). The van der Waals surface area contributed by atoms with Gasteiger partial charge in [-0.3, -0.25) is 0 Å². The molecule has 0 bridgehead atoms. The molecule has 5 aromatic rings. The number of halogens is 1. The van der Waals surface area contributed by atoms with Gasteiger partial charge >= 0.3 is 6.03 Å². The Morgan fingerprint density at radius 2 is 1.69 bits per heavy atom. The molecular formula is C28H24BClN6O3. The maximum Gasteiger partial charge on any atom is 0.323 e. The summed E-state index contributed by atoms with van der Waals surface area (Å²) in [6, 6.07) is 21.6. The van der Waals surface area contributed by atoms with Crippen molar-refractivity contribution in [2.45, 2.75) is 6.54 Å². The number of fused-ring (bicyclic) bond motifs is 1. The van der Waals surface area contributed by atoms with Crippen LogP contribution >= 0.6 is 11.6 Å². The van der Waals surface area contributed by atoms with Crippen molar-refractivity contribution in [2.24, 2.45) is 0 Å². The lowest BCUT2D eigenvalue weighted by Crippen LogP contribution is -2.19. The third kappa shape index (κ3) is 5.91. The maximum atomic E-state index is 12.7. The number of anilines is 3. The van der Waals surface area contributed by atoms with Crippen LogP contribution in [-0.4, -0.2) is 42.7 Å². The SMILES string of the molecule is [B]c1cnn2c(NCc3cccc(NC(=O)Nc4cc(OC)cc(OC)c4)c3)cc(-c3ccccc3Cl)nc12. The van der Waals surface area contributed by atoms with Gasteiger partial charge in [0.2, 0.25) is 0 Å². The summed E-state index contributed by atoms with van der Waals surface area (Å²) in [5.74, 6) is 1.83. The zero-order chi connectivity index (χ0) is 27.4. The van der Waals surface area contributed by atoms with E-state index in [1.807, 2.05) is 54.6 Å². The number of nitrogens with one attached hydrogen (secondary N) is 3. The first kappa shape index (κ1) is 25.9. The highest BCUT2D eigenvalue weighted by Crippen LogP contribution is 2.29. The summed E-state index contributed by atoms with van der Waals surface area (Å²) < 4.78 is 12.2. The molecular weight excluding hydrogens is 515 g/mol. The standard InChI is InChI=1S/C28H24BClN6O3/c1-38-20-11-19(12-21(13-20)39-2)34-28(37)33-18-7-5-6-17(10-18)15-31-26-14-25(22-8-3-4-9-24(22)30)35-27-23(29)16-32-36(26)27/h3-14,16,31H,15H2,1-2H3,(H2,33,34,37). The van der Waals surface area contributed by atoms with Crippen LogP contribution in [0.15, 0.2) is 79.0 Å². The van der Waals surface area contributed by atoms with Crippen LogP contribution in [0.3, 0.4) is 0 Å². The minimum absolute atomic E-state index is 0.400. The molecule has 0 fully saturated rings. The Bertz CT molecular complexity index is 1640. The third-order valence-electron chi connectivity index (χ3n) is 5.92. The topological polar surface area (TPSA) is 102 Å². The summed E-state index contributed by atoms with van der Waals surface area (Å²) in [6.45, 7) is 0.449. The van der Waals surface area contributed by atoms with Crippen molar-refractivity contribution in [3.63, 3.8) is 0 Å². The van der Waals surface area contributed by atoms with E-state index >= 15 is 0 Å². The fourth-order valence-corrected chi connectivity index (χ4v) is 4.27. The number of hydrogen-bond acceptors (Lipinski definition) is 6. The lowest BCUT2D eigenvalue weighted by Gasteiger charge is -2.13. The summed E-state index contributed by atoms with van der Waals surface area (Å²) in [5.41, 5.74) is 4.53. The van der Waals surface area contributed by atoms with Crippen molar-refractivity contribution < 1.29 is 14.3 Å². The quantitative estimate of drug-likeness (QED) is 0.237. The molecule has 2 radical (unpaired) electrons. The average Bonchev–Trinajstić information content (AvgIpc) is 3.32. The number of ether oxygens (including phenoxy) is 2. The van der Waals surface area contributed by atoms with Gasteiger partial charge in [0.25, 0.3) is 0 Å². The molecule has 3 N–H and O–H groups in total. The van der Waals surface area contributed by atoms with E-state index in [9.17, 15) is 4.79 Å². The average molecular weight is 539 g/mol. The molecule has 2 heterocycles. The second kappa shape index (κ2) is 11.4. The lowest BCUT2D eigenvalue weighted by atomic mass is 10.0. The molecule has 2 amide bonds. The number of nitrogens with zero attached hydrogens (tertiary/aromatic N) is 3. The molecule has 0 aliphatic heterocycles. The van der Waals surface area contributed by atoms with Crippen LogP contribution in [0.2, 0.25) is 5.02 Å². The highest BCUT2D eigenvalue weighted by Gasteiger charge is 2.13. The molecule has 0 unspecified atom stereocenters. The Labute approximate surface area is 231 Å². The van der Waals surface area contributed by atoms with Crippen molar-refractivity contribution in [1.82, 2.24) is 14.6 Å². The fourth-order valence-electron chi connectivity index (χ4n) is 4.04. The second-order valence-corrected chi connectivity index (χ2v) is 8.98. The van der Waals surface area contributed by atoms with E-state index < -0.39 is 6.03 Å². The van der Waals surface area contributed by atoms with Gasteiger partial charge in [-0.2, -0.15) is 9.61 Å². The fraction of sp³-hybridized carbons (Fsp3) is 0.107. The van der Waals surface area contributed by atoms with Crippen molar-refractivity contribution in [1.29, 1.82) is 0 Å². The van der Waals surface area contributed by atoms with E-state index in [-0.39, 0.29) is 0 Å². The molecule has 0 saturated heterocycles. The number of methoxy groups -OCH3 is 2. The van der Waals surface area contributed by atoms with Crippen LogP contribution in [0, 0.1) is 0 Å². The highest BCUT2D eigenvalue weighted by molar-refractivity contribution is 6.36. The van der Waals surface area contributed by atoms with E-state index in [4.69, 9.17) is 28.9 Å². The van der Waals surface area contributed by atoms with Gasteiger partial charge in [0, 0.05) is 59.0 Å². The zero-order valence-electron chi connectivity index (χ0n) is 21.2. The second-order valence-electron chi connectivity index (χ2n) is 8.58. The van der Waals surface area contributed by atoms with E-state index in [0.717, 1.165) is 11.1 Å². The predicted octanol–water partition coefficient (Wildman–Crippen LogP) is 5.12. The Morgan fingerprint density at radius 3 is 2.44 bits per heavy atom. The number of amides is 2. The number of urea groups is 1. The molecule has 3 aromatic carbocycles. The Kier molecular flexibility index (Phi) is 7.56. The van der Waals surface area contributed by atoms with Crippen molar-refractivity contribution in [3.8, 4) is 22.8 Å². The summed E-state index contributed by atoms with van der Waals surface area (Å²) in [6.07, 6.45) is 1.56. The largest absolute Gasteiger partial charge is 0.497 e. The van der Waals surface area contributed by atoms with Crippen LogP contribution in [0.5, 0.6) is 11.5 Å². The normalized spacial score (nSPS) is 10.7. The van der Waals surface area contributed by atoms with E-state index in [2.05, 4.69) is 26.0 Å². The predicted molar refractivity (Wildman–Crippen MR) is 155 cm³/mol. The van der Waals surface area contributed by atoms with Gasteiger partial charge in [0.15, 0.2) is 5.65 Å². The first-order valence-electron chi connectivity index (χ1n) is 12.0. The van der Waals surface area contributed by atoms with Gasteiger partial charge in [0.1, 0.15) is 25.2 Å². The van der Waals surface area contributed by atoms with E-state index in [1.54, 1.807) is 43.1 Å². The van der Waals surface area contributed by atoms with Crippen LogP contribution in [0.25, 0.3) is 16.9 Å². The minimum atomic E-state index is -0.400. The number of rotatable bonds is 8. The van der Waals surface area contributed by atoms with Gasteiger partial charge < -0.3 is 25.4 Å². The van der Waals surface area contributed by atoms with Crippen molar-refractivity contribution >= 4 is 53.8 Å². The molecule has 39 heavy (non-hydrogen) atoms. The van der Waals surface area contributed by atoms with Crippen LogP contribution in [0.1, 0.15) is 5.56 Å². The van der Waals surface area contributed by atoms with E-state index in [0.29, 0.717) is 57.1 Å². The number of carbonyl (C=O) groups excluding carboxylic acids is 1. The summed E-state index contributed by atoms with van der Waals surface area (Å²) in [5, 5.41) is 14.0. The molecule has 2 aromatic heterocycles. The summed E-state index contributed by atoms with van der Waals surface area (Å²) in [4.78, 5) is 17.3. The smallest absolute Gasteiger partial charge is 0.323 e. The maximum absolute atomic E-state index is 12.7. The van der Waals surface area contributed by atoms with Crippen LogP contribution in [-0.2, 0) is 6.54 Å². The molecule has 0 aliphatic carbocycles. The summed E-state index contributed by atoms with van der Waals surface area (Å²) in [7, 11) is 9.22. The molecule has 0 saturated carbocycles. The Morgan fingerprint density at radius 1 is 0.949 bits per heavy atom. The van der Waals surface area contributed by atoms with Gasteiger partial charge in [0.05, 0.1) is 19.9 Å². The number of aromatic nitrogens is 3. The highest BCUT2D eigenvalue weighted by atomic mass is 35.5. The molecule has 0 aliphatic rings. The monoisotopic (exact) mass is 538 g/mol. The third-order valence-corrected chi connectivity index (χ3v) is 6.25. The molecule has 0 spiro atoms. The first-order valence-corrected chi connectivity index (χ1v) is 12.3. The molecule has 194 valence electrons. The zero-order valence-corrected chi connectivity index (χ0v) is 22.0. The minimum Gasteiger partial charge on any atom is -0.497 e. The number of benzene rings is 3. The molecule has 9 nitrogen and oxygen atoms in total.